The van der Waals surface area contributed by atoms with Crippen LogP contribution in [0.1, 0.15) is 45.6 Å². The molecule has 0 aromatic heterocycles. The molecule has 0 bridgehead atoms. The van der Waals surface area contributed by atoms with E-state index in [1.54, 1.807) is 13.8 Å². The Bertz CT molecular complexity index is 443. The van der Waals surface area contributed by atoms with Crippen molar-refractivity contribution in [1.29, 1.82) is 0 Å². The predicted molar refractivity (Wildman–Crippen MR) is 90.6 cm³/mol. The molecular weight excluding hydrogens is 330 g/mol. The number of benzene rings is 1. The second-order valence-electron chi connectivity index (χ2n) is 6.16. The summed E-state index contributed by atoms with van der Waals surface area (Å²) in [6, 6.07) is 8.87. The van der Waals surface area contributed by atoms with Crippen LogP contribution in [0.4, 0.5) is 0 Å². The van der Waals surface area contributed by atoms with E-state index in [2.05, 4.69) is 52.4 Å². The summed E-state index contributed by atoms with van der Waals surface area (Å²) in [5.74, 6) is -0.729. The summed E-state index contributed by atoms with van der Waals surface area (Å²) >= 11 is 3.44. The molecule has 1 aromatic carbocycles. The van der Waals surface area contributed by atoms with Gasteiger partial charge in [-0.15, -0.1) is 0 Å². The lowest BCUT2D eigenvalue weighted by molar-refractivity contribution is -0.147. The van der Waals surface area contributed by atoms with Gasteiger partial charge in [0, 0.05) is 10.5 Å². The van der Waals surface area contributed by atoms with E-state index >= 15 is 0 Å². The van der Waals surface area contributed by atoms with Crippen molar-refractivity contribution in [2.75, 3.05) is 6.54 Å². The molecular formula is C17H26BrNO2. The third-order valence-corrected chi connectivity index (χ3v) is 4.48. The quantitative estimate of drug-likeness (QED) is 0.695. The van der Waals surface area contributed by atoms with Crippen molar-refractivity contribution in [3.63, 3.8) is 0 Å². The van der Waals surface area contributed by atoms with Gasteiger partial charge in [0.25, 0.3) is 0 Å². The molecule has 0 aliphatic rings. The van der Waals surface area contributed by atoms with Gasteiger partial charge >= 0.3 is 5.97 Å². The van der Waals surface area contributed by atoms with E-state index in [1.165, 1.54) is 5.56 Å². The van der Waals surface area contributed by atoms with Crippen LogP contribution in [0.25, 0.3) is 0 Å². The molecule has 2 N–H and O–H groups in total. The van der Waals surface area contributed by atoms with Gasteiger partial charge < -0.3 is 10.4 Å². The van der Waals surface area contributed by atoms with E-state index < -0.39 is 11.4 Å². The topological polar surface area (TPSA) is 49.3 Å². The van der Waals surface area contributed by atoms with Crippen molar-refractivity contribution >= 4 is 21.9 Å². The molecule has 0 aliphatic carbocycles. The molecule has 0 heterocycles. The van der Waals surface area contributed by atoms with Crippen molar-refractivity contribution in [1.82, 2.24) is 5.32 Å². The van der Waals surface area contributed by atoms with Crippen LogP contribution < -0.4 is 5.32 Å². The number of carboxylic acids is 1. The summed E-state index contributed by atoms with van der Waals surface area (Å²) in [5, 5.41) is 12.6. The second kappa shape index (κ2) is 8.54. The van der Waals surface area contributed by atoms with Crippen molar-refractivity contribution in [3.05, 3.63) is 34.3 Å². The molecule has 0 spiro atoms. The maximum atomic E-state index is 11.1. The second-order valence-corrected chi connectivity index (χ2v) is 7.08. The largest absolute Gasteiger partial charge is 0.481 e. The van der Waals surface area contributed by atoms with Gasteiger partial charge in [0.05, 0.1) is 5.41 Å². The maximum Gasteiger partial charge on any atom is 0.309 e. The van der Waals surface area contributed by atoms with Gasteiger partial charge in [0.2, 0.25) is 0 Å². The van der Waals surface area contributed by atoms with Crippen LogP contribution in [0.15, 0.2) is 28.7 Å². The Kier molecular flexibility index (Phi) is 7.40. The number of aliphatic carboxylic acids is 1. The van der Waals surface area contributed by atoms with Crippen molar-refractivity contribution < 1.29 is 9.90 Å². The average Bonchev–Trinajstić information content (AvgIpc) is 2.44. The summed E-state index contributed by atoms with van der Waals surface area (Å²) in [7, 11) is 0. The number of nitrogens with one attached hydrogen (secondary N) is 1. The molecule has 0 fully saturated rings. The number of hydrogen-bond donors (Lipinski definition) is 2. The lowest BCUT2D eigenvalue weighted by Gasteiger charge is -2.22. The fourth-order valence-corrected chi connectivity index (χ4v) is 2.40. The van der Waals surface area contributed by atoms with Crippen molar-refractivity contribution in [2.24, 2.45) is 5.41 Å². The summed E-state index contributed by atoms with van der Waals surface area (Å²) in [5.41, 5.74) is 0.682. The Morgan fingerprint density at radius 2 is 1.95 bits per heavy atom. The fraction of sp³-hybridized carbons (Fsp3) is 0.588. The number of halogens is 1. The molecule has 1 unspecified atom stereocenters. The van der Waals surface area contributed by atoms with Gasteiger partial charge in [0.1, 0.15) is 0 Å². The normalized spacial score (nSPS) is 13.1. The standard InChI is InChI=1S/C17H26BrNO2/c1-4-15(19-12-11-17(2,3)16(20)21)10-7-13-5-8-14(18)9-6-13/h5-6,8-9,15,19H,4,7,10-12H2,1-3H3,(H,20,21). The van der Waals surface area contributed by atoms with E-state index in [-0.39, 0.29) is 0 Å². The van der Waals surface area contributed by atoms with E-state index in [4.69, 9.17) is 5.11 Å². The molecule has 1 atom stereocenters. The van der Waals surface area contributed by atoms with Gasteiger partial charge in [-0.05, 0) is 63.8 Å². The summed E-state index contributed by atoms with van der Waals surface area (Å²) in [4.78, 5) is 11.1. The lowest BCUT2D eigenvalue weighted by Crippen LogP contribution is -2.34. The molecule has 0 saturated carbocycles. The zero-order valence-corrected chi connectivity index (χ0v) is 14.7. The van der Waals surface area contributed by atoms with Gasteiger partial charge in [0.15, 0.2) is 0 Å². The minimum Gasteiger partial charge on any atom is -0.481 e. The van der Waals surface area contributed by atoms with Crippen molar-refractivity contribution in [2.45, 2.75) is 52.5 Å². The number of carboxylic acid groups (broad SMARTS) is 1. The molecule has 3 nitrogen and oxygen atoms in total. The first-order valence-corrected chi connectivity index (χ1v) is 8.35. The van der Waals surface area contributed by atoms with Gasteiger partial charge in [-0.1, -0.05) is 35.0 Å². The van der Waals surface area contributed by atoms with E-state index in [1.807, 2.05) is 0 Å². The zero-order valence-electron chi connectivity index (χ0n) is 13.2. The van der Waals surface area contributed by atoms with Crippen LogP contribution >= 0.6 is 15.9 Å². The first kappa shape index (κ1) is 18.2. The van der Waals surface area contributed by atoms with E-state index in [0.717, 1.165) is 30.3 Å². The first-order chi connectivity index (χ1) is 9.85. The number of aryl methyl sites for hydroxylation is 1. The highest BCUT2D eigenvalue weighted by Crippen LogP contribution is 2.20. The lowest BCUT2D eigenvalue weighted by atomic mass is 9.89. The third-order valence-electron chi connectivity index (χ3n) is 3.95. The molecule has 21 heavy (non-hydrogen) atoms. The van der Waals surface area contributed by atoms with E-state index in [9.17, 15) is 4.79 Å². The molecule has 1 aromatic rings. The highest BCUT2D eigenvalue weighted by atomic mass is 79.9. The molecule has 0 saturated heterocycles. The minimum atomic E-state index is -0.729. The first-order valence-electron chi connectivity index (χ1n) is 7.56. The van der Waals surface area contributed by atoms with E-state index in [0.29, 0.717) is 12.5 Å². The Morgan fingerprint density at radius 1 is 1.33 bits per heavy atom. The van der Waals surface area contributed by atoms with Crippen LogP contribution in [-0.4, -0.2) is 23.7 Å². The highest BCUT2D eigenvalue weighted by molar-refractivity contribution is 9.10. The van der Waals surface area contributed by atoms with Crippen LogP contribution in [0.3, 0.4) is 0 Å². The Morgan fingerprint density at radius 3 is 2.48 bits per heavy atom. The van der Waals surface area contributed by atoms with Crippen molar-refractivity contribution in [3.8, 4) is 0 Å². The average molecular weight is 356 g/mol. The summed E-state index contributed by atoms with van der Waals surface area (Å²) in [6.07, 6.45) is 3.83. The number of hydrogen-bond acceptors (Lipinski definition) is 2. The maximum absolute atomic E-state index is 11.1. The monoisotopic (exact) mass is 355 g/mol. The smallest absolute Gasteiger partial charge is 0.309 e. The van der Waals surface area contributed by atoms with Crippen LogP contribution in [0.2, 0.25) is 0 Å². The third kappa shape index (κ3) is 6.62. The molecule has 0 aliphatic heterocycles. The summed E-state index contributed by atoms with van der Waals surface area (Å²) < 4.78 is 1.10. The highest BCUT2D eigenvalue weighted by Gasteiger charge is 2.26. The van der Waals surface area contributed by atoms with Gasteiger partial charge in [-0.3, -0.25) is 4.79 Å². The number of carbonyl (C=O) groups is 1. The molecule has 0 amide bonds. The van der Waals surface area contributed by atoms with Gasteiger partial charge in [-0.25, -0.2) is 0 Å². The van der Waals surface area contributed by atoms with Crippen LogP contribution in [-0.2, 0) is 11.2 Å². The van der Waals surface area contributed by atoms with Crippen LogP contribution in [0.5, 0.6) is 0 Å². The molecule has 0 radical (unpaired) electrons. The Hall–Kier alpha value is -0.870. The SMILES string of the molecule is CCC(CCc1ccc(Br)cc1)NCCC(C)(C)C(=O)O. The number of rotatable bonds is 9. The Labute approximate surface area is 136 Å². The summed E-state index contributed by atoms with van der Waals surface area (Å²) in [6.45, 7) is 6.47. The zero-order chi connectivity index (χ0) is 15.9. The fourth-order valence-electron chi connectivity index (χ4n) is 2.14. The molecule has 118 valence electrons. The molecule has 4 heteroatoms. The van der Waals surface area contributed by atoms with Crippen LogP contribution in [0, 0.1) is 5.41 Å². The minimum absolute atomic E-state index is 0.443. The van der Waals surface area contributed by atoms with Gasteiger partial charge in [-0.2, -0.15) is 0 Å². The predicted octanol–water partition coefficient (Wildman–Crippen LogP) is 4.25. The molecule has 1 rings (SSSR count). The Balaban J connectivity index is 2.35.